The molecule has 0 spiro atoms. The van der Waals surface area contributed by atoms with Gasteiger partial charge in [0.15, 0.2) is 0 Å². The zero-order chi connectivity index (χ0) is 20.5. The van der Waals surface area contributed by atoms with Crippen LogP contribution in [0.15, 0.2) is 47.4 Å². The molecule has 0 saturated heterocycles. The number of carbonyl (C=O) groups excluding carboxylic acids is 2. The van der Waals surface area contributed by atoms with Gasteiger partial charge in [-0.05, 0) is 54.4 Å². The van der Waals surface area contributed by atoms with Crippen molar-refractivity contribution < 1.29 is 13.8 Å². The largest absolute Gasteiger partial charge is 0.326 e. The number of fused-ring (bicyclic) bond motifs is 1. The molecule has 0 aromatic heterocycles. The van der Waals surface area contributed by atoms with Crippen molar-refractivity contribution in [1.82, 2.24) is 0 Å². The van der Waals surface area contributed by atoms with Crippen molar-refractivity contribution in [3.05, 3.63) is 48.0 Å². The average Bonchev–Trinajstić information content (AvgIpc) is 3.06. The Kier molecular flexibility index (Phi) is 5.56. The Bertz CT molecular complexity index is 933. The van der Waals surface area contributed by atoms with Gasteiger partial charge in [0.05, 0.1) is 4.90 Å². The van der Waals surface area contributed by atoms with Gasteiger partial charge < -0.3 is 14.9 Å². The number of hydrogen-bond acceptors (Lipinski definition) is 3. The second kappa shape index (κ2) is 7.75. The third kappa shape index (κ3) is 4.42. The van der Waals surface area contributed by atoms with Crippen LogP contribution in [0.1, 0.15) is 33.3 Å². The minimum atomic E-state index is -1.42. The van der Waals surface area contributed by atoms with Crippen molar-refractivity contribution >= 4 is 39.9 Å². The second-order valence-corrected chi connectivity index (χ2v) is 9.08. The fourth-order valence-corrected chi connectivity index (χ4v) is 3.84. The molecular formula is C21H25N3O3S. The summed E-state index contributed by atoms with van der Waals surface area (Å²) in [5, 5.41) is 2.86. The van der Waals surface area contributed by atoms with E-state index >= 15 is 0 Å². The lowest BCUT2D eigenvalue weighted by Gasteiger charge is -2.17. The van der Waals surface area contributed by atoms with Crippen molar-refractivity contribution in [1.29, 1.82) is 0 Å². The predicted octanol–water partition coefficient (Wildman–Crippen LogP) is 3.71. The maximum absolute atomic E-state index is 12.7. The maximum atomic E-state index is 12.7. The quantitative estimate of drug-likeness (QED) is 0.823. The number of amides is 2. The van der Waals surface area contributed by atoms with E-state index in [1.54, 1.807) is 42.2 Å². The van der Waals surface area contributed by atoms with Crippen molar-refractivity contribution in [2.75, 3.05) is 21.5 Å². The first-order chi connectivity index (χ1) is 13.1. The predicted molar refractivity (Wildman–Crippen MR) is 113 cm³/mol. The van der Waals surface area contributed by atoms with Crippen LogP contribution in [-0.2, 0) is 27.0 Å². The molecule has 1 aliphatic rings. The van der Waals surface area contributed by atoms with Crippen LogP contribution in [0.4, 0.5) is 17.1 Å². The van der Waals surface area contributed by atoms with Gasteiger partial charge in [-0.15, -0.1) is 0 Å². The van der Waals surface area contributed by atoms with Gasteiger partial charge in [-0.3, -0.25) is 9.59 Å². The van der Waals surface area contributed by atoms with E-state index in [0.29, 0.717) is 22.8 Å². The van der Waals surface area contributed by atoms with E-state index in [9.17, 15) is 13.8 Å². The molecule has 28 heavy (non-hydrogen) atoms. The fourth-order valence-electron chi connectivity index (χ4n) is 2.93. The lowest BCUT2D eigenvalue weighted by atomic mass is 9.95. The van der Waals surface area contributed by atoms with Crippen LogP contribution >= 0.6 is 0 Å². The minimum Gasteiger partial charge on any atom is -0.326 e. The average molecular weight is 400 g/mol. The van der Waals surface area contributed by atoms with Crippen LogP contribution in [0.2, 0.25) is 0 Å². The number of nitrogens with one attached hydrogen (secondary N) is 2. The molecule has 1 aliphatic heterocycles. The summed E-state index contributed by atoms with van der Waals surface area (Å²) in [6, 6.07) is 12.6. The Balaban J connectivity index is 1.67. The topological polar surface area (TPSA) is 78.5 Å². The van der Waals surface area contributed by atoms with Crippen LogP contribution in [-0.4, -0.2) is 22.6 Å². The van der Waals surface area contributed by atoms with Crippen LogP contribution in [0.3, 0.4) is 0 Å². The normalized spacial score (nSPS) is 14.4. The molecule has 7 heteroatoms. The van der Waals surface area contributed by atoms with Gasteiger partial charge >= 0.3 is 0 Å². The molecule has 0 bridgehead atoms. The smallest absolute Gasteiger partial charge is 0.229 e. The molecule has 148 valence electrons. The van der Waals surface area contributed by atoms with Crippen LogP contribution in [0.25, 0.3) is 0 Å². The Morgan fingerprint density at radius 3 is 2.29 bits per heavy atom. The Morgan fingerprint density at radius 1 is 1.04 bits per heavy atom. The van der Waals surface area contributed by atoms with Gasteiger partial charge in [0.2, 0.25) is 11.8 Å². The summed E-state index contributed by atoms with van der Waals surface area (Å²) >= 11 is 0. The summed E-state index contributed by atoms with van der Waals surface area (Å²) in [4.78, 5) is 26.1. The van der Waals surface area contributed by atoms with Crippen LogP contribution in [0.5, 0.6) is 0 Å². The number of carbonyl (C=O) groups is 2. The van der Waals surface area contributed by atoms with E-state index in [1.165, 1.54) is 0 Å². The highest BCUT2D eigenvalue weighted by molar-refractivity contribution is 7.86. The molecule has 0 fully saturated rings. The molecule has 1 heterocycles. The molecule has 0 saturated carbocycles. The molecule has 0 aliphatic carbocycles. The number of benzene rings is 2. The SMILES string of the molecule is CC(=O)N1CCc2cc(S(=O)Nc3ccc(NC(=O)C(C)(C)C)cc3)ccc21. The Labute approximate surface area is 167 Å². The van der Waals surface area contributed by atoms with Crippen LogP contribution in [0, 0.1) is 5.41 Å². The number of anilines is 3. The summed E-state index contributed by atoms with van der Waals surface area (Å²) in [6.45, 7) is 7.78. The van der Waals surface area contributed by atoms with E-state index in [-0.39, 0.29) is 11.8 Å². The highest BCUT2D eigenvalue weighted by Gasteiger charge is 2.23. The van der Waals surface area contributed by atoms with E-state index < -0.39 is 16.4 Å². The van der Waals surface area contributed by atoms with E-state index in [1.807, 2.05) is 32.9 Å². The Hall–Kier alpha value is -2.67. The first kappa shape index (κ1) is 20.1. The summed E-state index contributed by atoms with van der Waals surface area (Å²) in [5.74, 6) is -0.0427. The van der Waals surface area contributed by atoms with Crippen molar-refractivity contribution in [2.24, 2.45) is 5.41 Å². The number of nitrogens with zero attached hydrogens (tertiary/aromatic N) is 1. The maximum Gasteiger partial charge on any atom is 0.229 e. The van der Waals surface area contributed by atoms with Gasteiger partial charge in [-0.2, -0.15) is 0 Å². The molecule has 6 nitrogen and oxygen atoms in total. The number of hydrogen-bond donors (Lipinski definition) is 2. The molecule has 2 amide bonds. The van der Waals surface area contributed by atoms with Gasteiger partial charge in [-0.25, -0.2) is 4.21 Å². The Morgan fingerprint density at radius 2 is 1.68 bits per heavy atom. The molecule has 2 aromatic rings. The third-order valence-corrected chi connectivity index (χ3v) is 5.68. The van der Waals surface area contributed by atoms with E-state index in [4.69, 9.17) is 0 Å². The fraction of sp³-hybridized carbons (Fsp3) is 0.333. The summed E-state index contributed by atoms with van der Waals surface area (Å²) in [6.07, 6.45) is 0.766. The first-order valence-electron chi connectivity index (χ1n) is 9.16. The van der Waals surface area contributed by atoms with Crippen molar-refractivity contribution in [2.45, 2.75) is 39.0 Å². The molecule has 2 N–H and O–H groups in total. The minimum absolute atomic E-state index is 0.0180. The molecule has 2 aromatic carbocycles. The van der Waals surface area contributed by atoms with Crippen LogP contribution < -0.4 is 14.9 Å². The molecule has 3 rings (SSSR count). The lowest BCUT2D eigenvalue weighted by molar-refractivity contribution is -0.123. The van der Waals surface area contributed by atoms with Gasteiger partial charge in [-0.1, -0.05) is 20.8 Å². The highest BCUT2D eigenvalue weighted by atomic mass is 32.2. The van der Waals surface area contributed by atoms with Gasteiger partial charge in [0.25, 0.3) is 0 Å². The lowest BCUT2D eigenvalue weighted by Crippen LogP contribution is -2.27. The monoisotopic (exact) mass is 399 g/mol. The second-order valence-electron chi connectivity index (χ2n) is 7.86. The molecular weight excluding hydrogens is 374 g/mol. The molecule has 0 radical (unpaired) electrons. The summed E-state index contributed by atoms with van der Waals surface area (Å²) in [7, 11) is -1.42. The summed E-state index contributed by atoms with van der Waals surface area (Å²) in [5.41, 5.74) is 2.84. The molecule has 1 unspecified atom stereocenters. The zero-order valence-electron chi connectivity index (χ0n) is 16.5. The van der Waals surface area contributed by atoms with E-state index in [2.05, 4.69) is 10.0 Å². The summed E-state index contributed by atoms with van der Waals surface area (Å²) < 4.78 is 15.6. The van der Waals surface area contributed by atoms with Gasteiger partial charge in [0, 0.05) is 35.9 Å². The molecule has 1 atom stereocenters. The third-order valence-electron chi connectivity index (χ3n) is 4.58. The first-order valence-corrected chi connectivity index (χ1v) is 10.3. The number of rotatable bonds is 4. The van der Waals surface area contributed by atoms with Gasteiger partial charge in [0.1, 0.15) is 11.0 Å². The van der Waals surface area contributed by atoms with Crippen molar-refractivity contribution in [3.8, 4) is 0 Å². The zero-order valence-corrected chi connectivity index (χ0v) is 17.4. The van der Waals surface area contributed by atoms with Crippen molar-refractivity contribution in [3.63, 3.8) is 0 Å². The van der Waals surface area contributed by atoms with E-state index in [0.717, 1.165) is 17.7 Å². The highest BCUT2D eigenvalue weighted by Crippen LogP contribution is 2.30. The standard InChI is InChI=1S/C21H25N3O3S/c1-14(25)24-12-11-15-13-18(9-10-19(15)24)28(27)23-17-7-5-16(6-8-17)22-20(26)21(2,3)4/h5-10,13,23H,11-12H2,1-4H3,(H,22,26).